The van der Waals surface area contributed by atoms with Crippen molar-refractivity contribution in [3.63, 3.8) is 0 Å². The van der Waals surface area contributed by atoms with Crippen LogP contribution in [0.25, 0.3) is 19.4 Å². The molecule has 0 unspecified atom stereocenters. The van der Waals surface area contributed by atoms with Crippen LogP contribution in [0.15, 0.2) is 53.0 Å². The molecular weight excluding hydrogens is 518 g/mol. The Morgan fingerprint density at radius 3 is 1.74 bits per heavy atom. The van der Waals surface area contributed by atoms with Gasteiger partial charge in [0.15, 0.2) is 11.4 Å². The highest BCUT2D eigenvalue weighted by Gasteiger charge is 2.19. The van der Waals surface area contributed by atoms with E-state index in [0.717, 1.165) is 17.7 Å². The van der Waals surface area contributed by atoms with E-state index in [1.807, 2.05) is 25.1 Å². The molecule has 11 nitrogen and oxygen atoms in total. The Kier molecular flexibility index (Phi) is 8.55. The van der Waals surface area contributed by atoms with E-state index >= 15 is 0 Å². The van der Waals surface area contributed by atoms with Gasteiger partial charge in [0.2, 0.25) is 11.4 Å². The summed E-state index contributed by atoms with van der Waals surface area (Å²) in [6, 6.07) is 12.2. The van der Waals surface area contributed by atoms with Gasteiger partial charge in [-0.25, -0.2) is 9.69 Å². The maximum absolute atomic E-state index is 11.1. The molecule has 0 saturated heterocycles. The van der Waals surface area contributed by atoms with Crippen LogP contribution in [0.4, 0.5) is 45.5 Å². The summed E-state index contributed by atoms with van der Waals surface area (Å²) in [7, 11) is 0. The third kappa shape index (κ3) is 6.36. The first-order chi connectivity index (χ1) is 16.6. The van der Waals surface area contributed by atoms with Crippen LogP contribution in [0.5, 0.6) is 0 Å². The van der Waals surface area contributed by atoms with E-state index in [2.05, 4.69) is 40.6 Å². The molecule has 0 aliphatic rings. The predicted octanol–water partition coefficient (Wildman–Crippen LogP) is 8.21. The number of benzene rings is 3. The van der Waals surface area contributed by atoms with Crippen LogP contribution in [0.2, 0.25) is 0 Å². The molecule has 0 spiro atoms. The molecule has 35 heavy (non-hydrogen) atoms. The minimum atomic E-state index is -0.605. The first-order valence-corrected chi connectivity index (χ1v) is 10.1. The minimum absolute atomic E-state index is 0.00472. The lowest BCUT2D eigenvalue weighted by Crippen LogP contribution is -1.97. The first-order valence-electron chi connectivity index (χ1n) is 9.29. The highest BCUT2D eigenvalue weighted by atomic mass is 79.9. The Labute approximate surface area is 208 Å². The summed E-state index contributed by atoms with van der Waals surface area (Å²) in [5, 5.41) is 24.5. The minimum Gasteiger partial charge on any atom is -0.351 e. The van der Waals surface area contributed by atoms with Gasteiger partial charge in [0.1, 0.15) is 5.69 Å². The largest absolute Gasteiger partial charge is 0.351 e. The smallest absolute Gasteiger partial charge is 0.279 e. The van der Waals surface area contributed by atoms with Crippen LogP contribution in [0, 0.1) is 53.4 Å². The molecule has 0 amide bonds. The van der Waals surface area contributed by atoms with E-state index in [9.17, 15) is 20.2 Å². The van der Waals surface area contributed by atoms with Crippen molar-refractivity contribution in [1.29, 1.82) is 0 Å². The second-order valence-corrected chi connectivity index (χ2v) is 7.46. The summed E-state index contributed by atoms with van der Waals surface area (Å²) in [5.41, 5.74) is 1.63. The number of nitro benzene ring substituents is 2. The lowest BCUT2D eigenvalue weighted by atomic mass is 10.2. The van der Waals surface area contributed by atoms with Gasteiger partial charge in [-0.3, -0.25) is 29.9 Å². The Balaban J connectivity index is 0.000000269. The molecule has 0 aliphatic carbocycles. The fraction of sp³-hybridized carbons (Fsp3) is 0.0435. The van der Waals surface area contributed by atoms with E-state index < -0.39 is 9.85 Å². The van der Waals surface area contributed by atoms with Crippen LogP contribution in [0.1, 0.15) is 5.56 Å². The summed E-state index contributed by atoms with van der Waals surface area (Å²) in [5.74, 6) is 0. The first kappa shape index (κ1) is 26.0. The van der Waals surface area contributed by atoms with Gasteiger partial charge in [-0.2, -0.15) is 0 Å². The average molecular weight is 530 g/mol. The number of nitro groups is 2. The third-order valence-electron chi connectivity index (χ3n) is 4.31. The molecule has 12 heteroatoms. The van der Waals surface area contributed by atoms with Gasteiger partial charge in [0.25, 0.3) is 11.4 Å². The number of anilines is 2. The van der Waals surface area contributed by atoms with Crippen molar-refractivity contribution in [2.75, 3.05) is 5.32 Å². The fourth-order valence-electron chi connectivity index (χ4n) is 2.73. The molecule has 0 heterocycles. The summed E-state index contributed by atoms with van der Waals surface area (Å²) in [4.78, 5) is 33.0. The number of rotatable bonds is 4. The summed E-state index contributed by atoms with van der Waals surface area (Å²) >= 11 is 2.96. The van der Waals surface area contributed by atoms with E-state index in [-0.39, 0.29) is 44.3 Å². The number of hydrogen-bond acceptors (Lipinski definition) is 5. The van der Waals surface area contributed by atoms with Gasteiger partial charge in [0, 0.05) is 17.8 Å². The van der Waals surface area contributed by atoms with Crippen molar-refractivity contribution in [3.05, 3.63) is 124 Å². The number of halogens is 1. The molecule has 3 rings (SSSR count). The molecule has 0 saturated carbocycles. The number of hydrogen-bond donors (Lipinski definition) is 1. The van der Waals surface area contributed by atoms with Crippen molar-refractivity contribution in [3.8, 4) is 0 Å². The van der Waals surface area contributed by atoms with Crippen molar-refractivity contribution in [2.24, 2.45) is 0 Å². The van der Waals surface area contributed by atoms with Crippen LogP contribution >= 0.6 is 15.9 Å². The zero-order chi connectivity index (χ0) is 26.1. The molecule has 3 aromatic rings. The molecule has 0 aromatic heterocycles. The van der Waals surface area contributed by atoms with Gasteiger partial charge in [-0.05, 0) is 52.7 Å². The Morgan fingerprint density at radius 2 is 1.26 bits per heavy atom. The Bertz CT molecular complexity index is 1510. The quantitative estimate of drug-likeness (QED) is 0.207. The maximum Gasteiger partial charge on any atom is 0.279 e. The molecule has 0 aliphatic heterocycles. The maximum atomic E-state index is 11.1. The van der Waals surface area contributed by atoms with Crippen molar-refractivity contribution in [1.82, 2.24) is 0 Å². The number of aryl methyl sites for hydroxylation is 1. The van der Waals surface area contributed by atoms with Gasteiger partial charge in [-0.15, -0.1) is 0 Å². The molecule has 0 fully saturated rings. The van der Waals surface area contributed by atoms with E-state index in [0.29, 0.717) is 5.69 Å². The van der Waals surface area contributed by atoms with E-state index in [1.54, 1.807) is 6.07 Å². The van der Waals surface area contributed by atoms with Crippen LogP contribution in [-0.4, -0.2) is 9.85 Å². The zero-order valence-corrected chi connectivity index (χ0v) is 19.4. The SMILES string of the molecule is [C-]#[N+]c1cc(Br)c([N+](=O)[O-])cc1[N+]#[C-].[C-]#[N+]c1cc(Nc2cccc(C)c2)c([N+](=O)[O-])cc1[N+]#[C-]. The predicted molar refractivity (Wildman–Crippen MR) is 133 cm³/mol. The van der Waals surface area contributed by atoms with Gasteiger partial charge >= 0.3 is 0 Å². The monoisotopic (exact) mass is 529 g/mol. The van der Waals surface area contributed by atoms with Gasteiger partial charge in [0.05, 0.1) is 40.6 Å². The molecule has 0 atom stereocenters. The van der Waals surface area contributed by atoms with Crippen LogP contribution in [-0.2, 0) is 0 Å². The lowest BCUT2D eigenvalue weighted by Gasteiger charge is -2.09. The highest BCUT2D eigenvalue weighted by Crippen LogP contribution is 2.40. The van der Waals surface area contributed by atoms with E-state index in [1.165, 1.54) is 12.1 Å². The molecule has 170 valence electrons. The number of nitrogens with zero attached hydrogens (tertiary/aromatic N) is 6. The van der Waals surface area contributed by atoms with Crippen molar-refractivity contribution in [2.45, 2.75) is 6.92 Å². The van der Waals surface area contributed by atoms with Crippen molar-refractivity contribution < 1.29 is 9.85 Å². The average Bonchev–Trinajstić information content (AvgIpc) is 2.83. The summed E-state index contributed by atoms with van der Waals surface area (Å²) in [6.45, 7) is 29.4. The third-order valence-corrected chi connectivity index (χ3v) is 4.94. The normalized spacial score (nSPS) is 9.20. The molecule has 1 N–H and O–H groups in total. The van der Waals surface area contributed by atoms with Gasteiger partial charge < -0.3 is 5.32 Å². The van der Waals surface area contributed by atoms with Crippen molar-refractivity contribution >= 4 is 61.4 Å². The summed E-state index contributed by atoms with van der Waals surface area (Å²) in [6.07, 6.45) is 0. The van der Waals surface area contributed by atoms with Crippen LogP contribution < -0.4 is 5.32 Å². The topological polar surface area (TPSA) is 116 Å². The fourth-order valence-corrected chi connectivity index (χ4v) is 3.21. The summed E-state index contributed by atoms with van der Waals surface area (Å²) < 4.78 is 0.209. The lowest BCUT2D eigenvalue weighted by molar-refractivity contribution is -0.385. The Hall–Kier alpha value is -5.30. The zero-order valence-electron chi connectivity index (χ0n) is 17.8. The molecule has 3 aromatic carbocycles. The van der Waals surface area contributed by atoms with Crippen LogP contribution in [0.3, 0.4) is 0 Å². The standard InChI is InChI=1S/C15H10N4O2.C8H2BrN3O2/c1-10-5-4-6-11(7-10)18-14-8-12(16-2)13(17-3)9-15(14)19(20)21;1-10-6-3-5(9)8(12(13)14)4-7(6)11-2/h4-9,18H,1H3;3-4H. The Morgan fingerprint density at radius 1 is 0.771 bits per heavy atom. The molecular formula is C23H12BrN7O4. The van der Waals surface area contributed by atoms with E-state index in [4.69, 9.17) is 26.3 Å². The molecule has 0 radical (unpaired) electrons. The second kappa shape index (κ2) is 11.5. The number of nitrogens with one attached hydrogen (secondary N) is 1. The second-order valence-electron chi connectivity index (χ2n) is 6.61. The van der Waals surface area contributed by atoms with Gasteiger partial charge in [-0.1, -0.05) is 12.1 Å². The highest BCUT2D eigenvalue weighted by molar-refractivity contribution is 9.10. The molecule has 0 bridgehead atoms.